The van der Waals surface area contributed by atoms with E-state index in [1.165, 1.54) is 0 Å². The molecule has 0 bridgehead atoms. The van der Waals surface area contributed by atoms with E-state index in [0.717, 1.165) is 5.56 Å². The molecule has 0 saturated heterocycles. The Labute approximate surface area is 175 Å². The van der Waals surface area contributed by atoms with Crippen molar-refractivity contribution in [1.82, 2.24) is 5.32 Å². The van der Waals surface area contributed by atoms with E-state index in [0.29, 0.717) is 33.8 Å². The molecule has 1 heterocycles. The molecule has 152 valence electrons. The third-order valence-electron chi connectivity index (χ3n) is 4.80. The molecule has 6 nitrogen and oxygen atoms in total. The van der Waals surface area contributed by atoms with Crippen molar-refractivity contribution in [2.45, 2.75) is 5.75 Å². The lowest BCUT2D eigenvalue weighted by Gasteiger charge is -2.12. The molecule has 30 heavy (non-hydrogen) atoms. The maximum Gasteiger partial charge on any atom is 0.258 e. The molecule has 0 saturated carbocycles. The van der Waals surface area contributed by atoms with Gasteiger partial charge in [-0.3, -0.25) is 9.52 Å². The Hall–Kier alpha value is -3.58. The van der Waals surface area contributed by atoms with Crippen LogP contribution in [0.3, 0.4) is 0 Å². The topological polar surface area (TPSA) is 87.3 Å². The molecule has 3 aromatic carbocycles. The normalized spacial score (nSPS) is 14.6. The summed E-state index contributed by atoms with van der Waals surface area (Å²) in [5.41, 5.74) is 4.41. The van der Waals surface area contributed by atoms with Crippen molar-refractivity contribution in [3.63, 3.8) is 0 Å². The van der Waals surface area contributed by atoms with Gasteiger partial charge in [-0.05, 0) is 29.3 Å². The van der Waals surface area contributed by atoms with E-state index >= 15 is 0 Å². The molecule has 0 atom stereocenters. The van der Waals surface area contributed by atoms with E-state index in [4.69, 9.17) is 0 Å². The van der Waals surface area contributed by atoms with Crippen molar-refractivity contribution in [1.29, 1.82) is 0 Å². The second kappa shape index (κ2) is 8.04. The van der Waals surface area contributed by atoms with E-state index in [-0.39, 0.29) is 11.7 Å². The molecule has 1 aliphatic heterocycles. The first-order valence-electron chi connectivity index (χ1n) is 9.44. The van der Waals surface area contributed by atoms with Crippen LogP contribution >= 0.6 is 0 Å². The number of anilines is 2. The smallest absolute Gasteiger partial charge is 0.258 e. The second-order valence-corrected chi connectivity index (χ2v) is 8.65. The van der Waals surface area contributed by atoms with Gasteiger partial charge in [0.05, 0.1) is 17.0 Å². The zero-order chi connectivity index (χ0) is 21.1. The van der Waals surface area contributed by atoms with Gasteiger partial charge in [-0.1, -0.05) is 60.7 Å². The van der Waals surface area contributed by atoms with E-state index in [2.05, 4.69) is 15.4 Å². The third kappa shape index (κ3) is 4.06. The average molecular weight is 420 g/mol. The highest BCUT2D eigenvalue weighted by molar-refractivity contribution is 7.91. The van der Waals surface area contributed by atoms with Gasteiger partial charge >= 0.3 is 0 Å². The fraction of sp³-hybridized carbons (Fsp3) is 0.0870. The number of nitrogens with one attached hydrogen (secondary N) is 3. The first-order chi connectivity index (χ1) is 14.5. The van der Waals surface area contributed by atoms with Gasteiger partial charge < -0.3 is 10.6 Å². The molecule has 4 rings (SSSR count). The van der Waals surface area contributed by atoms with E-state index in [9.17, 15) is 13.2 Å². The molecule has 1 amide bonds. The van der Waals surface area contributed by atoms with Gasteiger partial charge in [-0.2, -0.15) is 0 Å². The van der Waals surface area contributed by atoms with Crippen LogP contribution in [0.15, 0.2) is 78.9 Å². The fourth-order valence-corrected chi connectivity index (χ4v) is 4.70. The summed E-state index contributed by atoms with van der Waals surface area (Å²) in [4.78, 5) is 12.7. The monoisotopic (exact) mass is 419 g/mol. The summed E-state index contributed by atoms with van der Waals surface area (Å²) >= 11 is 0. The van der Waals surface area contributed by atoms with Crippen LogP contribution in [-0.4, -0.2) is 21.4 Å². The summed E-state index contributed by atoms with van der Waals surface area (Å²) in [5.74, 6) is -0.362. The number of hydrogen-bond donors (Lipinski definition) is 3. The highest BCUT2D eigenvalue weighted by Gasteiger charge is 2.28. The van der Waals surface area contributed by atoms with Crippen molar-refractivity contribution < 1.29 is 13.2 Å². The first kappa shape index (κ1) is 19.7. The van der Waals surface area contributed by atoms with Crippen molar-refractivity contribution >= 4 is 38.6 Å². The molecule has 3 aromatic rings. The molecule has 0 unspecified atom stereocenters. The molecule has 0 aliphatic carbocycles. The van der Waals surface area contributed by atoms with Crippen LogP contribution in [0.4, 0.5) is 11.4 Å². The summed E-state index contributed by atoms with van der Waals surface area (Å²) in [6.45, 7) is 0. The zero-order valence-corrected chi connectivity index (χ0v) is 17.2. The Morgan fingerprint density at radius 3 is 2.27 bits per heavy atom. The Morgan fingerprint density at radius 2 is 1.60 bits per heavy atom. The molecular weight excluding hydrogens is 398 g/mol. The minimum atomic E-state index is -3.60. The van der Waals surface area contributed by atoms with E-state index in [1.807, 2.05) is 36.4 Å². The van der Waals surface area contributed by atoms with Crippen LogP contribution in [0.2, 0.25) is 0 Å². The minimum absolute atomic E-state index is 0.128. The SMILES string of the molecule is CNC(=C1C(=O)Nc2ccc(NS(=O)(=O)Cc3ccccc3)cc21)c1ccccc1. The Morgan fingerprint density at radius 1 is 0.933 bits per heavy atom. The molecule has 7 heteroatoms. The number of benzene rings is 3. The Balaban J connectivity index is 1.70. The van der Waals surface area contributed by atoms with Crippen molar-refractivity contribution in [2.75, 3.05) is 17.1 Å². The summed E-state index contributed by atoms with van der Waals surface area (Å²) < 4.78 is 27.8. The predicted molar refractivity (Wildman–Crippen MR) is 120 cm³/mol. The lowest BCUT2D eigenvalue weighted by molar-refractivity contribution is -0.110. The largest absolute Gasteiger partial charge is 0.387 e. The molecule has 1 aliphatic rings. The maximum atomic E-state index is 12.7. The minimum Gasteiger partial charge on any atom is -0.387 e. The lowest BCUT2D eigenvalue weighted by atomic mass is 10.00. The number of carbonyl (C=O) groups is 1. The van der Waals surface area contributed by atoms with Gasteiger partial charge in [0.2, 0.25) is 10.0 Å². The third-order valence-corrected chi connectivity index (χ3v) is 6.06. The Kier molecular flexibility index (Phi) is 5.29. The van der Waals surface area contributed by atoms with Crippen molar-refractivity contribution in [2.24, 2.45) is 0 Å². The van der Waals surface area contributed by atoms with Crippen LogP contribution in [-0.2, 0) is 20.6 Å². The number of amides is 1. The standard InChI is InChI=1S/C23H21N3O3S/c1-24-22(17-10-6-3-7-11-17)21-19-14-18(12-13-20(19)25-23(21)27)26-30(28,29)15-16-8-4-2-5-9-16/h2-14,24,26H,15H2,1H3,(H,25,27). The Bertz CT molecular complexity index is 1220. The van der Waals surface area contributed by atoms with Crippen LogP contribution < -0.4 is 15.4 Å². The van der Waals surface area contributed by atoms with Crippen LogP contribution in [0.25, 0.3) is 11.3 Å². The van der Waals surface area contributed by atoms with E-state index in [1.54, 1.807) is 49.5 Å². The van der Waals surface area contributed by atoms with Gasteiger partial charge in [-0.15, -0.1) is 0 Å². The highest BCUT2D eigenvalue weighted by atomic mass is 32.2. The van der Waals surface area contributed by atoms with Gasteiger partial charge in [0.15, 0.2) is 0 Å². The molecule has 0 spiro atoms. The molecule has 3 N–H and O–H groups in total. The summed E-state index contributed by atoms with van der Waals surface area (Å²) in [6.07, 6.45) is 0. The highest BCUT2D eigenvalue weighted by Crippen LogP contribution is 2.37. The first-order valence-corrected chi connectivity index (χ1v) is 11.1. The van der Waals surface area contributed by atoms with Gasteiger partial charge in [0.25, 0.3) is 5.91 Å². The van der Waals surface area contributed by atoms with Crippen molar-refractivity contribution in [3.05, 3.63) is 95.6 Å². The zero-order valence-electron chi connectivity index (χ0n) is 16.3. The predicted octanol–water partition coefficient (Wildman–Crippen LogP) is 3.67. The number of sulfonamides is 1. The van der Waals surface area contributed by atoms with Crippen molar-refractivity contribution in [3.8, 4) is 0 Å². The molecule has 0 aromatic heterocycles. The molecule has 0 radical (unpaired) electrons. The van der Waals surface area contributed by atoms with Gasteiger partial charge in [0.1, 0.15) is 0 Å². The number of hydrogen-bond acceptors (Lipinski definition) is 4. The summed E-state index contributed by atoms with van der Waals surface area (Å²) in [7, 11) is -1.84. The maximum absolute atomic E-state index is 12.7. The fourth-order valence-electron chi connectivity index (χ4n) is 3.51. The number of carbonyl (C=O) groups excluding carboxylic acids is 1. The quantitative estimate of drug-likeness (QED) is 0.532. The van der Waals surface area contributed by atoms with Crippen LogP contribution in [0.5, 0.6) is 0 Å². The number of rotatable bonds is 6. The second-order valence-electron chi connectivity index (χ2n) is 6.93. The molecular formula is C23H21N3O3S. The van der Waals surface area contributed by atoms with Crippen LogP contribution in [0.1, 0.15) is 16.7 Å². The average Bonchev–Trinajstić information content (AvgIpc) is 3.05. The van der Waals surface area contributed by atoms with Crippen LogP contribution in [0, 0.1) is 0 Å². The van der Waals surface area contributed by atoms with E-state index < -0.39 is 10.0 Å². The summed E-state index contributed by atoms with van der Waals surface area (Å²) in [6, 6.07) is 23.6. The molecule has 0 fully saturated rings. The lowest BCUT2D eigenvalue weighted by Crippen LogP contribution is -2.15. The summed E-state index contributed by atoms with van der Waals surface area (Å²) in [5, 5.41) is 5.96. The van der Waals surface area contributed by atoms with Gasteiger partial charge in [-0.25, -0.2) is 8.42 Å². The number of fused-ring (bicyclic) bond motifs is 1. The van der Waals surface area contributed by atoms with Gasteiger partial charge in [0, 0.05) is 24.0 Å².